The van der Waals surface area contributed by atoms with Crippen LogP contribution in [0.25, 0.3) is 0 Å². The van der Waals surface area contributed by atoms with E-state index >= 15 is 0 Å². The zero-order valence-electron chi connectivity index (χ0n) is 11.9. The first-order valence-electron chi connectivity index (χ1n) is 7.11. The lowest BCUT2D eigenvalue weighted by molar-refractivity contribution is 0.273. The van der Waals surface area contributed by atoms with Gasteiger partial charge in [-0.25, -0.2) is 0 Å². The van der Waals surface area contributed by atoms with E-state index < -0.39 is 0 Å². The van der Waals surface area contributed by atoms with Gasteiger partial charge in [-0.05, 0) is 12.0 Å². The maximum atomic E-state index is 9.03. The maximum Gasteiger partial charge on any atom is 0.147 e. The van der Waals surface area contributed by atoms with Crippen LogP contribution in [0, 0.1) is 0 Å². The van der Waals surface area contributed by atoms with Gasteiger partial charge in [0.15, 0.2) is 0 Å². The molecule has 0 aromatic heterocycles. The minimum Gasteiger partial charge on any atom is -0.409 e. The minimum absolute atomic E-state index is 0.0400. The van der Waals surface area contributed by atoms with Crippen molar-refractivity contribution >= 4 is 17.6 Å². The molecule has 20 heavy (non-hydrogen) atoms. The molecule has 5 heteroatoms. The Morgan fingerprint density at radius 1 is 1.50 bits per heavy atom. The van der Waals surface area contributed by atoms with E-state index in [2.05, 4.69) is 28.7 Å². The molecule has 1 fully saturated rings. The summed E-state index contributed by atoms with van der Waals surface area (Å²) in [7, 11) is 0. The van der Waals surface area contributed by atoms with Crippen LogP contribution in [0.1, 0.15) is 24.8 Å². The van der Waals surface area contributed by atoms with E-state index in [1.54, 1.807) is 0 Å². The summed E-state index contributed by atoms with van der Waals surface area (Å²) < 4.78 is 0. The molecule has 2 unspecified atom stereocenters. The molecule has 2 rings (SSSR count). The van der Waals surface area contributed by atoms with Crippen molar-refractivity contribution in [3.8, 4) is 0 Å². The molecule has 0 bridgehead atoms. The fourth-order valence-corrected chi connectivity index (χ4v) is 3.83. The van der Waals surface area contributed by atoms with E-state index in [-0.39, 0.29) is 5.92 Å². The first-order chi connectivity index (χ1) is 9.74. The molecule has 3 N–H and O–H groups in total. The highest BCUT2D eigenvalue weighted by molar-refractivity contribution is 8.00. The number of oxime groups is 1. The Kier molecular flexibility index (Phi) is 5.73. The second kappa shape index (κ2) is 7.55. The van der Waals surface area contributed by atoms with E-state index in [1.807, 2.05) is 30.3 Å². The van der Waals surface area contributed by atoms with Crippen molar-refractivity contribution in [2.45, 2.75) is 24.5 Å². The highest BCUT2D eigenvalue weighted by Gasteiger charge is 2.24. The number of amidine groups is 1. The summed E-state index contributed by atoms with van der Waals surface area (Å²) in [5.41, 5.74) is 7.01. The first kappa shape index (κ1) is 15.2. The molecule has 0 aliphatic carbocycles. The lowest BCUT2D eigenvalue weighted by Gasteiger charge is -2.34. The van der Waals surface area contributed by atoms with Gasteiger partial charge in [0.05, 0.1) is 5.92 Å². The van der Waals surface area contributed by atoms with Gasteiger partial charge in [-0.3, -0.25) is 0 Å². The summed E-state index contributed by atoms with van der Waals surface area (Å²) in [6.45, 7) is 5.21. The molecule has 4 nitrogen and oxygen atoms in total. The zero-order chi connectivity index (χ0) is 14.4. The predicted molar refractivity (Wildman–Crippen MR) is 85.6 cm³/mol. The van der Waals surface area contributed by atoms with Gasteiger partial charge in [0, 0.05) is 30.6 Å². The summed E-state index contributed by atoms with van der Waals surface area (Å²) in [4.78, 5) is 2.43. The third-order valence-electron chi connectivity index (χ3n) is 3.79. The largest absolute Gasteiger partial charge is 0.409 e. The molecule has 1 aromatic rings. The normalized spacial score (nSPS) is 22.6. The Labute approximate surface area is 125 Å². The number of rotatable bonds is 5. The van der Waals surface area contributed by atoms with Gasteiger partial charge in [-0.15, -0.1) is 0 Å². The van der Waals surface area contributed by atoms with E-state index in [0.29, 0.717) is 11.1 Å². The standard InChI is InChI=1S/C15H23N3OS/c1-2-13-10-18(8-9-20-13)11-14(15(16)17-19)12-6-4-3-5-7-12/h3-7,13-14,19H,2,8-11H2,1H3,(H2,16,17). The van der Waals surface area contributed by atoms with Crippen molar-refractivity contribution in [1.29, 1.82) is 0 Å². The van der Waals surface area contributed by atoms with Crippen LogP contribution in [0.15, 0.2) is 35.5 Å². The Morgan fingerprint density at radius 3 is 2.90 bits per heavy atom. The Bertz CT molecular complexity index is 438. The van der Waals surface area contributed by atoms with E-state index in [4.69, 9.17) is 10.9 Å². The van der Waals surface area contributed by atoms with Crippen LogP contribution in [-0.2, 0) is 0 Å². The summed E-state index contributed by atoms with van der Waals surface area (Å²) >= 11 is 2.05. The van der Waals surface area contributed by atoms with Crippen molar-refractivity contribution in [1.82, 2.24) is 4.90 Å². The Hall–Kier alpha value is -1.20. The van der Waals surface area contributed by atoms with Crippen LogP contribution >= 0.6 is 11.8 Å². The van der Waals surface area contributed by atoms with Gasteiger partial charge >= 0.3 is 0 Å². The number of benzene rings is 1. The zero-order valence-corrected chi connectivity index (χ0v) is 12.7. The molecule has 0 amide bonds. The number of hydrogen-bond donors (Lipinski definition) is 2. The summed E-state index contributed by atoms with van der Waals surface area (Å²) in [5, 5.41) is 13.0. The van der Waals surface area contributed by atoms with Crippen LogP contribution in [0.2, 0.25) is 0 Å². The van der Waals surface area contributed by atoms with Crippen molar-refractivity contribution in [2.75, 3.05) is 25.4 Å². The van der Waals surface area contributed by atoms with Crippen LogP contribution in [0.5, 0.6) is 0 Å². The van der Waals surface area contributed by atoms with E-state index in [0.717, 1.165) is 31.0 Å². The summed E-state index contributed by atoms with van der Waals surface area (Å²) in [6, 6.07) is 10.1. The molecule has 1 aliphatic heterocycles. The summed E-state index contributed by atoms with van der Waals surface area (Å²) in [5.74, 6) is 1.42. The van der Waals surface area contributed by atoms with Crippen molar-refractivity contribution in [3.63, 3.8) is 0 Å². The second-order valence-electron chi connectivity index (χ2n) is 5.15. The van der Waals surface area contributed by atoms with Gasteiger partial charge in [-0.1, -0.05) is 42.4 Å². The number of nitrogens with zero attached hydrogens (tertiary/aromatic N) is 2. The van der Waals surface area contributed by atoms with Crippen LogP contribution in [0.3, 0.4) is 0 Å². The summed E-state index contributed by atoms with van der Waals surface area (Å²) in [6.07, 6.45) is 1.20. The number of nitrogens with two attached hydrogens (primary N) is 1. The Morgan fingerprint density at radius 2 is 2.25 bits per heavy atom. The number of hydrogen-bond acceptors (Lipinski definition) is 4. The highest BCUT2D eigenvalue weighted by atomic mass is 32.2. The minimum atomic E-state index is -0.0400. The number of thioether (sulfide) groups is 1. The third kappa shape index (κ3) is 3.90. The third-order valence-corrected chi connectivity index (χ3v) is 5.17. The molecule has 0 saturated carbocycles. The van der Waals surface area contributed by atoms with Gasteiger partial charge in [0.1, 0.15) is 5.84 Å². The average molecular weight is 293 g/mol. The van der Waals surface area contributed by atoms with Crippen LogP contribution in [-0.4, -0.2) is 46.6 Å². The van der Waals surface area contributed by atoms with Crippen LogP contribution in [0.4, 0.5) is 0 Å². The molecule has 1 heterocycles. The van der Waals surface area contributed by atoms with E-state index in [1.165, 1.54) is 6.42 Å². The molecule has 1 saturated heterocycles. The quantitative estimate of drug-likeness (QED) is 0.378. The van der Waals surface area contributed by atoms with Crippen molar-refractivity contribution in [3.05, 3.63) is 35.9 Å². The fourth-order valence-electron chi connectivity index (χ4n) is 2.58. The van der Waals surface area contributed by atoms with Gasteiger partial charge in [0.25, 0.3) is 0 Å². The van der Waals surface area contributed by atoms with Gasteiger partial charge in [0.2, 0.25) is 0 Å². The molecule has 2 atom stereocenters. The highest BCUT2D eigenvalue weighted by Crippen LogP contribution is 2.24. The SMILES string of the molecule is CCC1CN(CC(/C(N)=N/O)c2ccccc2)CCS1. The average Bonchev–Trinajstić information content (AvgIpc) is 2.53. The van der Waals surface area contributed by atoms with Gasteiger partial charge < -0.3 is 15.8 Å². The van der Waals surface area contributed by atoms with Gasteiger partial charge in [-0.2, -0.15) is 11.8 Å². The Balaban J connectivity index is 2.09. The molecule has 0 spiro atoms. The monoisotopic (exact) mass is 293 g/mol. The molecular weight excluding hydrogens is 270 g/mol. The molecule has 1 aliphatic rings. The predicted octanol–water partition coefficient (Wildman–Crippen LogP) is 2.34. The lowest BCUT2D eigenvalue weighted by Crippen LogP contribution is -2.42. The topological polar surface area (TPSA) is 61.8 Å². The molecule has 1 aromatic carbocycles. The van der Waals surface area contributed by atoms with Crippen LogP contribution < -0.4 is 5.73 Å². The maximum absolute atomic E-state index is 9.03. The van der Waals surface area contributed by atoms with Crippen molar-refractivity contribution in [2.24, 2.45) is 10.9 Å². The molecular formula is C15H23N3OS. The fraction of sp³-hybridized carbons (Fsp3) is 0.533. The molecule has 0 radical (unpaired) electrons. The second-order valence-corrected chi connectivity index (χ2v) is 6.56. The lowest BCUT2D eigenvalue weighted by atomic mass is 9.97. The van der Waals surface area contributed by atoms with Crippen molar-refractivity contribution < 1.29 is 5.21 Å². The molecule has 110 valence electrons. The van der Waals surface area contributed by atoms with E-state index in [9.17, 15) is 0 Å². The smallest absolute Gasteiger partial charge is 0.147 e. The first-order valence-corrected chi connectivity index (χ1v) is 8.15.